The summed E-state index contributed by atoms with van der Waals surface area (Å²) in [6.07, 6.45) is -2.05. The van der Waals surface area contributed by atoms with Gasteiger partial charge in [0, 0.05) is 49.0 Å². The van der Waals surface area contributed by atoms with Gasteiger partial charge in [0.25, 0.3) is 5.91 Å². The van der Waals surface area contributed by atoms with Gasteiger partial charge in [-0.25, -0.2) is 4.98 Å². The third kappa shape index (κ3) is 5.22. The number of hydrogen-bond acceptors (Lipinski definition) is 5. The van der Waals surface area contributed by atoms with E-state index in [9.17, 15) is 22.8 Å². The molecule has 2 amide bonds. The van der Waals surface area contributed by atoms with Crippen LogP contribution in [-0.2, 0) is 11.0 Å². The number of carbonyl (C=O) groups is 2. The van der Waals surface area contributed by atoms with Crippen molar-refractivity contribution >= 4 is 23.2 Å². The third-order valence-corrected chi connectivity index (χ3v) is 6.34. The first-order chi connectivity index (χ1) is 17.3. The Hall–Kier alpha value is -3.82. The molecule has 2 aromatic carbocycles. The van der Waals surface area contributed by atoms with Crippen LogP contribution in [0.5, 0.6) is 0 Å². The Morgan fingerprint density at radius 1 is 0.944 bits per heavy atom. The van der Waals surface area contributed by atoms with Crippen molar-refractivity contribution in [1.29, 1.82) is 0 Å². The second-order valence-corrected chi connectivity index (χ2v) is 9.00. The van der Waals surface area contributed by atoms with Crippen LogP contribution in [-0.4, -0.2) is 47.9 Å². The van der Waals surface area contributed by atoms with E-state index in [0.29, 0.717) is 24.3 Å². The molecule has 1 aliphatic carbocycles. The molecule has 0 spiro atoms. The number of hydrogen-bond donors (Lipinski definition) is 1. The number of carbonyl (C=O) groups excluding carboxylic acids is 2. The summed E-state index contributed by atoms with van der Waals surface area (Å²) < 4.78 is 45.6. The third-order valence-electron chi connectivity index (χ3n) is 6.34. The van der Waals surface area contributed by atoms with Crippen LogP contribution in [0.1, 0.15) is 35.5 Å². The minimum Gasteiger partial charge on any atom is -0.431 e. The highest BCUT2D eigenvalue weighted by Crippen LogP contribution is 2.36. The highest BCUT2D eigenvalue weighted by atomic mass is 19.4. The summed E-state index contributed by atoms with van der Waals surface area (Å²) in [6, 6.07) is 15.0. The molecule has 0 atom stereocenters. The zero-order valence-electron chi connectivity index (χ0n) is 19.4. The summed E-state index contributed by atoms with van der Waals surface area (Å²) in [4.78, 5) is 33.1. The van der Waals surface area contributed by atoms with Crippen LogP contribution in [0.4, 0.5) is 24.5 Å². The fraction of sp³-hybridized carbons (Fsp3) is 0.346. The molecule has 1 aromatic heterocycles. The van der Waals surface area contributed by atoms with Gasteiger partial charge in [0.1, 0.15) is 0 Å². The molecule has 2 fully saturated rings. The topological polar surface area (TPSA) is 78.7 Å². The predicted molar refractivity (Wildman–Crippen MR) is 127 cm³/mol. The quantitative estimate of drug-likeness (QED) is 0.532. The number of halogens is 3. The molecule has 2 heterocycles. The Morgan fingerprint density at radius 2 is 1.67 bits per heavy atom. The lowest BCUT2D eigenvalue weighted by Crippen LogP contribution is -2.36. The van der Waals surface area contributed by atoms with Crippen LogP contribution in [0.3, 0.4) is 0 Å². The van der Waals surface area contributed by atoms with E-state index < -0.39 is 23.5 Å². The number of benzene rings is 2. The average molecular weight is 499 g/mol. The lowest BCUT2D eigenvalue weighted by molar-refractivity contribution is -0.153. The van der Waals surface area contributed by atoms with E-state index in [1.807, 2.05) is 4.90 Å². The molecule has 0 radical (unpaired) electrons. The van der Waals surface area contributed by atoms with E-state index in [1.54, 1.807) is 54.6 Å². The van der Waals surface area contributed by atoms with Crippen molar-refractivity contribution in [2.45, 2.75) is 25.4 Å². The zero-order valence-corrected chi connectivity index (χ0v) is 19.4. The highest BCUT2D eigenvalue weighted by Gasteiger charge is 2.42. The van der Waals surface area contributed by atoms with Gasteiger partial charge in [0.05, 0.1) is 0 Å². The number of aromatic nitrogens is 1. The Kier molecular flexibility index (Phi) is 6.42. The van der Waals surface area contributed by atoms with E-state index >= 15 is 0 Å². The average Bonchev–Trinajstić information content (AvgIpc) is 3.66. The zero-order chi connectivity index (χ0) is 25.3. The number of oxazole rings is 1. The Morgan fingerprint density at radius 3 is 2.33 bits per heavy atom. The number of nitrogens with one attached hydrogen (secondary N) is 1. The molecule has 0 unspecified atom stereocenters. The van der Waals surface area contributed by atoms with Crippen molar-refractivity contribution < 1.29 is 27.2 Å². The second-order valence-electron chi connectivity index (χ2n) is 9.00. The number of alkyl halides is 3. The van der Waals surface area contributed by atoms with Gasteiger partial charge >= 0.3 is 6.18 Å². The lowest BCUT2D eigenvalue weighted by Gasteiger charge is -2.24. The van der Waals surface area contributed by atoms with Gasteiger partial charge in [-0.2, -0.15) is 13.2 Å². The SMILES string of the molecule is O=C(Nc1ccc(N2CCCN(C(=O)C3CC3)CC2)cc1)c1nc(-c2ccccc2)oc1C(F)(F)F. The molecule has 5 rings (SSSR count). The molecule has 10 heteroatoms. The minimum absolute atomic E-state index is 0.200. The van der Waals surface area contributed by atoms with Crippen molar-refractivity contribution in [3.63, 3.8) is 0 Å². The van der Waals surface area contributed by atoms with Crippen LogP contribution < -0.4 is 10.2 Å². The van der Waals surface area contributed by atoms with Crippen LogP contribution in [0.25, 0.3) is 11.5 Å². The Labute approximate surface area is 205 Å². The monoisotopic (exact) mass is 498 g/mol. The molecule has 0 bridgehead atoms. The predicted octanol–water partition coefficient (Wildman–Crippen LogP) is 5.06. The largest absolute Gasteiger partial charge is 0.452 e. The number of amides is 2. The Balaban J connectivity index is 1.27. The van der Waals surface area contributed by atoms with Crippen molar-refractivity contribution in [3.05, 3.63) is 66.1 Å². The van der Waals surface area contributed by atoms with Crippen molar-refractivity contribution in [2.24, 2.45) is 5.92 Å². The maximum atomic E-state index is 13.5. The summed E-state index contributed by atoms with van der Waals surface area (Å²) in [5, 5.41) is 2.49. The fourth-order valence-electron chi connectivity index (χ4n) is 4.30. The second kappa shape index (κ2) is 9.67. The molecule has 3 aromatic rings. The summed E-state index contributed by atoms with van der Waals surface area (Å²) in [5.74, 6) is -2.28. The van der Waals surface area contributed by atoms with Gasteiger partial charge in [-0.05, 0) is 55.7 Å². The molecule has 188 valence electrons. The van der Waals surface area contributed by atoms with E-state index in [1.165, 1.54) is 0 Å². The van der Waals surface area contributed by atoms with Crippen LogP contribution >= 0.6 is 0 Å². The first kappa shape index (κ1) is 23.9. The van der Waals surface area contributed by atoms with Crippen LogP contribution in [0, 0.1) is 5.92 Å². The van der Waals surface area contributed by atoms with Crippen molar-refractivity contribution in [2.75, 3.05) is 36.4 Å². The van der Waals surface area contributed by atoms with E-state index in [0.717, 1.165) is 38.0 Å². The number of anilines is 2. The highest BCUT2D eigenvalue weighted by molar-refractivity contribution is 6.04. The normalized spacial score (nSPS) is 16.5. The molecular formula is C26H25F3N4O3. The molecule has 1 aliphatic heterocycles. The number of rotatable bonds is 5. The Bertz CT molecular complexity index is 1240. The molecule has 36 heavy (non-hydrogen) atoms. The van der Waals surface area contributed by atoms with Gasteiger partial charge in [-0.15, -0.1) is 0 Å². The summed E-state index contributed by atoms with van der Waals surface area (Å²) in [7, 11) is 0. The summed E-state index contributed by atoms with van der Waals surface area (Å²) >= 11 is 0. The van der Waals surface area contributed by atoms with Gasteiger partial charge in [0.2, 0.25) is 17.6 Å². The van der Waals surface area contributed by atoms with Crippen molar-refractivity contribution in [3.8, 4) is 11.5 Å². The van der Waals surface area contributed by atoms with E-state index in [-0.39, 0.29) is 17.7 Å². The summed E-state index contributed by atoms with van der Waals surface area (Å²) in [6.45, 7) is 2.88. The van der Waals surface area contributed by atoms with Crippen molar-refractivity contribution in [1.82, 2.24) is 9.88 Å². The van der Waals surface area contributed by atoms with Gasteiger partial charge in [-0.3, -0.25) is 9.59 Å². The molecule has 1 saturated carbocycles. The standard InChI is InChI=1S/C26H25F3N4O3/c27-26(28,29)22-21(31-24(36-22)17-5-2-1-3-6-17)23(34)30-19-9-11-20(12-10-19)32-13-4-14-33(16-15-32)25(35)18-7-8-18/h1-3,5-6,9-12,18H,4,7-8,13-16H2,(H,30,34). The molecule has 7 nitrogen and oxygen atoms in total. The molecule has 2 aliphatic rings. The van der Waals surface area contributed by atoms with Gasteiger partial charge in [0.15, 0.2) is 5.69 Å². The van der Waals surface area contributed by atoms with E-state index in [4.69, 9.17) is 4.42 Å². The molecular weight excluding hydrogens is 473 g/mol. The maximum Gasteiger partial charge on any atom is 0.452 e. The fourth-order valence-corrected chi connectivity index (χ4v) is 4.30. The number of nitrogens with zero attached hydrogens (tertiary/aromatic N) is 3. The molecule has 1 saturated heterocycles. The van der Waals surface area contributed by atoms with Crippen LogP contribution in [0.15, 0.2) is 59.0 Å². The summed E-state index contributed by atoms with van der Waals surface area (Å²) in [5.41, 5.74) is 0.763. The first-order valence-electron chi connectivity index (χ1n) is 11.9. The smallest absolute Gasteiger partial charge is 0.431 e. The van der Waals surface area contributed by atoms with Gasteiger partial charge in [-0.1, -0.05) is 18.2 Å². The minimum atomic E-state index is -4.88. The van der Waals surface area contributed by atoms with E-state index in [2.05, 4.69) is 15.2 Å². The lowest BCUT2D eigenvalue weighted by atomic mass is 10.2. The molecule has 1 N–H and O–H groups in total. The van der Waals surface area contributed by atoms with Crippen LogP contribution in [0.2, 0.25) is 0 Å². The first-order valence-corrected chi connectivity index (χ1v) is 11.9. The van der Waals surface area contributed by atoms with Gasteiger partial charge < -0.3 is 19.5 Å². The maximum absolute atomic E-state index is 13.5.